The molecule has 94 valence electrons. The Morgan fingerprint density at radius 2 is 2.19 bits per heavy atom. The van der Waals surface area contributed by atoms with Crippen LogP contribution in [0.3, 0.4) is 0 Å². The maximum Gasteiger partial charge on any atom is 0.240 e. The fourth-order valence-corrected chi connectivity index (χ4v) is 2.32. The van der Waals surface area contributed by atoms with Crippen molar-refractivity contribution in [1.82, 2.24) is 10.6 Å². The molecule has 0 radical (unpaired) electrons. The second kappa shape index (κ2) is 6.24. The fourth-order valence-electron chi connectivity index (χ4n) is 2.32. The quantitative estimate of drug-likeness (QED) is 0.754. The van der Waals surface area contributed by atoms with E-state index < -0.39 is 0 Å². The Labute approximate surface area is 99.4 Å². The van der Waals surface area contributed by atoms with E-state index in [0.717, 1.165) is 38.6 Å². The molecule has 0 aromatic rings. The maximum absolute atomic E-state index is 12.2. The third kappa shape index (κ3) is 3.48. The Hall–Kier alpha value is -0.570. The van der Waals surface area contributed by atoms with Gasteiger partial charge in [0.15, 0.2) is 0 Å². The number of piperidine rings is 1. The molecule has 1 aliphatic heterocycles. The highest BCUT2D eigenvalue weighted by Gasteiger charge is 2.34. The first-order chi connectivity index (χ1) is 7.62. The van der Waals surface area contributed by atoms with Gasteiger partial charge in [-0.3, -0.25) is 4.79 Å². The van der Waals surface area contributed by atoms with Gasteiger partial charge in [0.25, 0.3) is 0 Å². The van der Waals surface area contributed by atoms with E-state index >= 15 is 0 Å². The van der Waals surface area contributed by atoms with E-state index in [1.807, 2.05) is 6.92 Å². The largest absolute Gasteiger partial charge is 0.352 e. The third-order valence-electron chi connectivity index (χ3n) is 3.59. The van der Waals surface area contributed by atoms with Gasteiger partial charge in [-0.25, -0.2) is 0 Å². The summed E-state index contributed by atoms with van der Waals surface area (Å²) in [4.78, 5) is 12.2. The molecular formula is C13H26N2O. The minimum atomic E-state index is -0.334. The van der Waals surface area contributed by atoms with Crippen LogP contribution in [0.4, 0.5) is 0 Å². The maximum atomic E-state index is 12.2. The number of carbonyl (C=O) groups excluding carboxylic acids is 1. The van der Waals surface area contributed by atoms with Gasteiger partial charge in [-0.15, -0.1) is 0 Å². The Balaban J connectivity index is 2.48. The molecule has 0 bridgehead atoms. The number of amides is 1. The number of rotatable bonds is 5. The zero-order valence-electron chi connectivity index (χ0n) is 10.9. The van der Waals surface area contributed by atoms with Gasteiger partial charge in [-0.1, -0.05) is 20.3 Å². The molecule has 1 fully saturated rings. The average molecular weight is 226 g/mol. The Morgan fingerprint density at radius 1 is 1.44 bits per heavy atom. The number of nitrogens with one attached hydrogen (secondary N) is 2. The van der Waals surface area contributed by atoms with Crippen LogP contribution >= 0.6 is 0 Å². The highest BCUT2D eigenvalue weighted by Crippen LogP contribution is 2.19. The van der Waals surface area contributed by atoms with Crippen LogP contribution in [0.2, 0.25) is 0 Å². The first kappa shape index (κ1) is 13.5. The first-order valence-corrected chi connectivity index (χ1v) is 6.68. The average Bonchev–Trinajstić information content (AvgIpc) is 2.29. The highest BCUT2D eigenvalue weighted by atomic mass is 16.2. The predicted molar refractivity (Wildman–Crippen MR) is 67.4 cm³/mol. The lowest BCUT2D eigenvalue weighted by atomic mass is 9.89. The lowest BCUT2D eigenvalue weighted by Crippen LogP contribution is -2.58. The molecule has 3 nitrogen and oxygen atoms in total. The van der Waals surface area contributed by atoms with Gasteiger partial charge in [0.2, 0.25) is 5.91 Å². The first-order valence-electron chi connectivity index (χ1n) is 6.68. The van der Waals surface area contributed by atoms with Crippen molar-refractivity contribution in [3.8, 4) is 0 Å². The van der Waals surface area contributed by atoms with Crippen LogP contribution in [-0.2, 0) is 4.79 Å². The zero-order chi connectivity index (χ0) is 12.0. The van der Waals surface area contributed by atoms with Gasteiger partial charge in [0.05, 0.1) is 5.54 Å². The number of hydrogen-bond donors (Lipinski definition) is 2. The van der Waals surface area contributed by atoms with Crippen molar-refractivity contribution in [3.05, 3.63) is 0 Å². The van der Waals surface area contributed by atoms with Crippen molar-refractivity contribution in [2.75, 3.05) is 6.54 Å². The summed E-state index contributed by atoms with van der Waals surface area (Å²) in [7, 11) is 0. The van der Waals surface area contributed by atoms with E-state index in [9.17, 15) is 4.79 Å². The molecule has 1 aliphatic rings. The molecule has 0 aromatic carbocycles. The molecule has 1 heterocycles. The number of hydrogen-bond acceptors (Lipinski definition) is 2. The molecule has 2 atom stereocenters. The minimum absolute atomic E-state index is 0.188. The molecule has 2 N–H and O–H groups in total. The third-order valence-corrected chi connectivity index (χ3v) is 3.59. The van der Waals surface area contributed by atoms with Crippen LogP contribution in [0.25, 0.3) is 0 Å². The standard InChI is InChI=1S/C13H26N2O/c1-4-8-11(5-2)15-12(16)13(3)9-6-7-10-14-13/h11,14H,4-10H2,1-3H3,(H,15,16). The van der Waals surface area contributed by atoms with Crippen molar-refractivity contribution in [3.63, 3.8) is 0 Å². The van der Waals surface area contributed by atoms with E-state index in [1.165, 1.54) is 6.42 Å². The molecule has 16 heavy (non-hydrogen) atoms. The molecule has 2 unspecified atom stereocenters. The van der Waals surface area contributed by atoms with Gasteiger partial charge in [0, 0.05) is 6.04 Å². The van der Waals surface area contributed by atoms with Crippen LogP contribution in [-0.4, -0.2) is 24.0 Å². The fraction of sp³-hybridized carbons (Fsp3) is 0.923. The summed E-state index contributed by atoms with van der Waals surface area (Å²) in [5.74, 6) is 0.188. The van der Waals surface area contributed by atoms with E-state index in [-0.39, 0.29) is 11.4 Å². The van der Waals surface area contributed by atoms with Crippen molar-refractivity contribution < 1.29 is 4.79 Å². The van der Waals surface area contributed by atoms with E-state index in [2.05, 4.69) is 24.5 Å². The predicted octanol–water partition coefficient (Wildman–Crippen LogP) is 2.21. The van der Waals surface area contributed by atoms with Crippen LogP contribution in [0.5, 0.6) is 0 Å². The van der Waals surface area contributed by atoms with Crippen molar-refractivity contribution in [1.29, 1.82) is 0 Å². The summed E-state index contributed by atoms with van der Waals surface area (Å²) >= 11 is 0. The summed E-state index contributed by atoms with van der Waals surface area (Å²) in [6, 6.07) is 0.345. The Morgan fingerprint density at radius 3 is 2.69 bits per heavy atom. The lowest BCUT2D eigenvalue weighted by Gasteiger charge is -2.34. The van der Waals surface area contributed by atoms with Crippen LogP contribution in [0, 0.1) is 0 Å². The van der Waals surface area contributed by atoms with Crippen LogP contribution < -0.4 is 10.6 Å². The van der Waals surface area contributed by atoms with Crippen molar-refractivity contribution in [2.45, 2.75) is 70.9 Å². The second-order valence-corrected chi connectivity index (χ2v) is 5.08. The normalized spacial score (nSPS) is 27.4. The van der Waals surface area contributed by atoms with E-state index in [4.69, 9.17) is 0 Å². The zero-order valence-corrected chi connectivity index (χ0v) is 10.9. The highest BCUT2D eigenvalue weighted by molar-refractivity contribution is 5.86. The molecule has 0 aromatic heterocycles. The summed E-state index contributed by atoms with van der Waals surface area (Å²) in [6.45, 7) is 7.29. The molecule has 3 heteroatoms. The molecule has 0 aliphatic carbocycles. The van der Waals surface area contributed by atoms with Crippen molar-refractivity contribution in [2.24, 2.45) is 0 Å². The molecule has 0 spiro atoms. The second-order valence-electron chi connectivity index (χ2n) is 5.08. The Bertz CT molecular complexity index is 222. The SMILES string of the molecule is CCCC(CC)NC(=O)C1(C)CCCCN1. The van der Waals surface area contributed by atoms with Gasteiger partial charge >= 0.3 is 0 Å². The van der Waals surface area contributed by atoms with Crippen molar-refractivity contribution >= 4 is 5.91 Å². The minimum Gasteiger partial charge on any atom is -0.352 e. The number of carbonyl (C=O) groups is 1. The summed E-state index contributed by atoms with van der Waals surface area (Å²) in [5, 5.41) is 6.53. The molecular weight excluding hydrogens is 200 g/mol. The molecule has 1 saturated heterocycles. The Kier molecular flexibility index (Phi) is 5.26. The van der Waals surface area contributed by atoms with Gasteiger partial charge in [-0.2, -0.15) is 0 Å². The van der Waals surface area contributed by atoms with Crippen LogP contribution in [0.15, 0.2) is 0 Å². The van der Waals surface area contributed by atoms with E-state index in [1.54, 1.807) is 0 Å². The lowest BCUT2D eigenvalue weighted by molar-refractivity contribution is -0.128. The summed E-state index contributed by atoms with van der Waals surface area (Å²) in [5.41, 5.74) is -0.334. The molecule has 1 rings (SSSR count). The van der Waals surface area contributed by atoms with Gasteiger partial charge < -0.3 is 10.6 Å². The van der Waals surface area contributed by atoms with Crippen LogP contribution in [0.1, 0.15) is 59.3 Å². The smallest absolute Gasteiger partial charge is 0.240 e. The summed E-state index contributed by atoms with van der Waals surface area (Å²) < 4.78 is 0. The monoisotopic (exact) mass is 226 g/mol. The van der Waals surface area contributed by atoms with Gasteiger partial charge in [0.1, 0.15) is 0 Å². The van der Waals surface area contributed by atoms with Gasteiger partial charge in [-0.05, 0) is 45.6 Å². The summed E-state index contributed by atoms with van der Waals surface area (Å²) in [6.07, 6.45) is 6.54. The van der Waals surface area contributed by atoms with E-state index in [0.29, 0.717) is 6.04 Å². The molecule has 0 saturated carbocycles. The topological polar surface area (TPSA) is 41.1 Å². The molecule has 1 amide bonds.